The minimum atomic E-state index is -0.635. The first kappa shape index (κ1) is 9.73. The van der Waals surface area contributed by atoms with Crippen LogP contribution in [0.25, 0.3) is 0 Å². The summed E-state index contributed by atoms with van der Waals surface area (Å²) in [7, 11) is 0. The molecule has 5 nitrogen and oxygen atoms in total. The Hall–Kier alpha value is -1.36. The molecule has 0 saturated heterocycles. The van der Waals surface area contributed by atoms with Gasteiger partial charge in [-0.15, -0.1) is 0 Å². The van der Waals surface area contributed by atoms with Crippen LogP contribution in [0.2, 0.25) is 0 Å². The van der Waals surface area contributed by atoms with Crippen molar-refractivity contribution in [2.75, 3.05) is 6.61 Å². The van der Waals surface area contributed by atoms with Gasteiger partial charge in [0.05, 0.1) is 6.61 Å². The fourth-order valence-corrected chi connectivity index (χ4v) is 0.788. The highest BCUT2D eigenvalue weighted by Gasteiger charge is 2.25. The van der Waals surface area contributed by atoms with Crippen molar-refractivity contribution in [1.29, 1.82) is 0 Å². The van der Waals surface area contributed by atoms with Crippen LogP contribution in [0, 0.1) is 0 Å². The molecule has 5 heteroatoms. The van der Waals surface area contributed by atoms with Crippen molar-refractivity contribution in [2.24, 2.45) is 5.73 Å². The zero-order valence-electron chi connectivity index (χ0n) is 7.57. The maximum absolute atomic E-state index is 10.7. The van der Waals surface area contributed by atoms with Gasteiger partial charge in [0, 0.05) is 11.5 Å². The van der Waals surface area contributed by atoms with Crippen molar-refractivity contribution in [3.05, 3.63) is 17.5 Å². The molecule has 0 fully saturated rings. The van der Waals surface area contributed by atoms with Crippen LogP contribution in [0.15, 0.2) is 10.6 Å². The predicted octanol–water partition coefficient (Wildman–Crippen LogP) is 0.0434. The van der Waals surface area contributed by atoms with Crippen LogP contribution in [0.3, 0.4) is 0 Å². The van der Waals surface area contributed by atoms with E-state index < -0.39 is 11.3 Å². The van der Waals surface area contributed by atoms with Gasteiger partial charge >= 0.3 is 0 Å². The molecule has 0 aliphatic rings. The minimum Gasteiger partial charge on any atom is -0.395 e. The van der Waals surface area contributed by atoms with Gasteiger partial charge in [-0.3, -0.25) is 4.79 Å². The van der Waals surface area contributed by atoms with Crippen molar-refractivity contribution in [3.63, 3.8) is 0 Å². The van der Waals surface area contributed by atoms with E-state index in [9.17, 15) is 4.79 Å². The third-order valence-electron chi connectivity index (χ3n) is 1.82. The summed E-state index contributed by atoms with van der Waals surface area (Å²) in [6.45, 7) is 3.47. The highest BCUT2D eigenvalue weighted by atomic mass is 16.5. The van der Waals surface area contributed by atoms with Crippen LogP contribution < -0.4 is 5.73 Å². The average Bonchev–Trinajstić information content (AvgIpc) is 2.52. The van der Waals surface area contributed by atoms with Crippen molar-refractivity contribution in [2.45, 2.75) is 19.3 Å². The van der Waals surface area contributed by atoms with Crippen LogP contribution in [0.5, 0.6) is 0 Å². The summed E-state index contributed by atoms with van der Waals surface area (Å²) in [6, 6.07) is 1.44. The number of aliphatic hydroxyl groups is 1. The first-order valence-electron chi connectivity index (χ1n) is 3.85. The summed E-state index contributed by atoms with van der Waals surface area (Å²) in [5.41, 5.74) is 4.53. The molecule has 0 spiro atoms. The number of aliphatic hydroxyl groups excluding tert-OH is 1. The van der Waals surface area contributed by atoms with Gasteiger partial charge in [-0.1, -0.05) is 19.0 Å². The van der Waals surface area contributed by atoms with Crippen molar-refractivity contribution < 1.29 is 14.4 Å². The molecular formula is C8H12N2O3. The van der Waals surface area contributed by atoms with Crippen LogP contribution in [0.1, 0.15) is 30.1 Å². The molecule has 0 radical (unpaired) electrons. The lowest BCUT2D eigenvalue weighted by Gasteiger charge is -2.16. The van der Waals surface area contributed by atoms with Gasteiger partial charge in [-0.25, -0.2) is 0 Å². The topological polar surface area (TPSA) is 89.4 Å². The molecule has 0 saturated carbocycles. The van der Waals surface area contributed by atoms with E-state index >= 15 is 0 Å². The summed E-state index contributed by atoms with van der Waals surface area (Å²) in [5.74, 6) is -0.187. The molecule has 1 amide bonds. The summed E-state index contributed by atoms with van der Waals surface area (Å²) in [6.07, 6.45) is 0. The Morgan fingerprint density at radius 1 is 1.77 bits per heavy atom. The third kappa shape index (κ3) is 1.86. The van der Waals surface area contributed by atoms with E-state index in [0.717, 1.165) is 0 Å². The lowest BCUT2D eigenvalue weighted by Crippen LogP contribution is -2.21. The maximum Gasteiger partial charge on any atom is 0.270 e. The van der Waals surface area contributed by atoms with E-state index in [4.69, 9.17) is 15.4 Å². The van der Waals surface area contributed by atoms with Gasteiger partial charge in [-0.2, -0.15) is 0 Å². The molecule has 1 rings (SSSR count). The quantitative estimate of drug-likeness (QED) is 0.694. The molecule has 0 unspecified atom stereocenters. The normalized spacial score (nSPS) is 11.6. The molecule has 3 N–H and O–H groups in total. The molecule has 0 atom stereocenters. The highest BCUT2D eigenvalue weighted by molar-refractivity contribution is 5.90. The molecule has 72 valence electrons. The van der Waals surface area contributed by atoms with Crippen molar-refractivity contribution in [1.82, 2.24) is 5.16 Å². The van der Waals surface area contributed by atoms with E-state index in [0.29, 0.717) is 5.76 Å². The van der Waals surface area contributed by atoms with E-state index in [1.165, 1.54) is 6.07 Å². The lowest BCUT2D eigenvalue weighted by molar-refractivity contribution is 0.0991. The van der Waals surface area contributed by atoms with Crippen LogP contribution >= 0.6 is 0 Å². The number of hydrogen-bond donors (Lipinski definition) is 2. The monoisotopic (exact) mass is 184 g/mol. The number of carbonyl (C=O) groups excluding carboxylic acids is 1. The van der Waals surface area contributed by atoms with Gasteiger partial charge < -0.3 is 15.4 Å². The Morgan fingerprint density at radius 2 is 2.38 bits per heavy atom. The fourth-order valence-electron chi connectivity index (χ4n) is 0.788. The summed E-state index contributed by atoms with van der Waals surface area (Å²) in [4.78, 5) is 10.7. The van der Waals surface area contributed by atoms with Crippen molar-refractivity contribution in [3.8, 4) is 0 Å². The second-order valence-electron chi connectivity index (χ2n) is 3.48. The van der Waals surface area contributed by atoms with E-state index in [1.54, 1.807) is 13.8 Å². The van der Waals surface area contributed by atoms with Crippen LogP contribution in [-0.2, 0) is 5.41 Å². The average molecular weight is 184 g/mol. The molecule has 0 aromatic carbocycles. The Bertz CT molecular complexity index is 317. The highest BCUT2D eigenvalue weighted by Crippen LogP contribution is 2.22. The second kappa shape index (κ2) is 3.18. The maximum atomic E-state index is 10.7. The Labute approximate surface area is 75.5 Å². The molecule has 1 aromatic heterocycles. The second-order valence-corrected chi connectivity index (χ2v) is 3.48. The fraction of sp³-hybridized carbons (Fsp3) is 0.500. The SMILES string of the molecule is CC(C)(CO)c1cc(C(N)=O)no1. The molecule has 0 bridgehead atoms. The Kier molecular flexibility index (Phi) is 2.38. The lowest BCUT2D eigenvalue weighted by atomic mass is 9.91. The Morgan fingerprint density at radius 3 is 2.77 bits per heavy atom. The first-order chi connectivity index (χ1) is 5.97. The Balaban J connectivity index is 2.98. The smallest absolute Gasteiger partial charge is 0.270 e. The van der Waals surface area contributed by atoms with E-state index in [1.807, 2.05) is 0 Å². The van der Waals surface area contributed by atoms with Gasteiger partial charge in [0.1, 0.15) is 5.76 Å². The van der Waals surface area contributed by atoms with E-state index in [2.05, 4.69) is 5.16 Å². The van der Waals surface area contributed by atoms with Crippen LogP contribution in [0.4, 0.5) is 0 Å². The molecule has 1 aromatic rings. The number of aromatic nitrogens is 1. The molecule has 0 aliphatic carbocycles. The zero-order chi connectivity index (χ0) is 10.1. The molecule has 0 aliphatic heterocycles. The number of rotatable bonds is 3. The van der Waals surface area contributed by atoms with Gasteiger partial charge in [0.25, 0.3) is 5.91 Å². The zero-order valence-corrected chi connectivity index (χ0v) is 7.57. The third-order valence-corrected chi connectivity index (χ3v) is 1.82. The number of primary amides is 1. The predicted molar refractivity (Wildman–Crippen MR) is 45.1 cm³/mol. The van der Waals surface area contributed by atoms with Gasteiger partial charge in [0.15, 0.2) is 5.69 Å². The number of amides is 1. The molecule has 1 heterocycles. The van der Waals surface area contributed by atoms with Crippen LogP contribution in [-0.4, -0.2) is 22.8 Å². The largest absolute Gasteiger partial charge is 0.395 e. The van der Waals surface area contributed by atoms with Gasteiger partial charge in [-0.05, 0) is 0 Å². The molecule has 13 heavy (non-hydrogen) atoms. The number of hydrogen-bond acceptors (Lipinski definition) is 4. The number of nitrogens with two attached hydrogens (primary N) is 1. The van der Waals surface area contributed by atoms with E-state index in [-0.39, 0.29) is 12.3 Å². The summed E-state index contributed by atoms with van der Waals surface area (Å²) in [5, 5.41) is 12.5. The summed E-state index contributed by atoms with van der Waals surface area (Å²) >= 11 is 0. The van der Waals surface area contributed by atoms with Gasteiger partial charge in [0.2, 0.25) is 0 Å². The molecular weight excluding hydrogens is 172 g/mol. The number of nitrogens with zero attached hydrogens (tertiary/aromatic N) is 1. The van der Waals surface area contributed by atoms with Crippen molar-refractivity contribution >= 4 is 5.91 Å². The summed E-state index contributed by atoms with van der Waals surface area (Å²) < 4.78 is 4.87. The standard InChI is InChI=1S/C8H12N2O3/c1-8(2,4-11)6-3-5(7(9)12)10-13-6/h3,11H,4H2,1-2H3,(H2,9,12). The first-order valence-corrected chi connectivity index (χ1v) is 3.85. The number of carbonyl (C=O) groups is 1. The minimum absolute atomic E-state index is 0.0801.